The number of benzene rings is 2. The van der Waals surface area contributed by atoms with Crippen LogP contribution >= 0.6 is 0 Å². The highest BCUT2D eigenvalue weighted by molar-refractivity contribution is 6.05. The number of aromatic nitrogens is 2. The number of nitrogen functional groups attached to an aromatic ring is 1. The van der Waals surface area contributed by atoms with Crippen molar-refractivity contribution in [1.29, 1.82) is 0 Å². The summed E-state index contributed by atoms with van der Waals surface area (Å²) in [6.07, 6.45) is 3.86. The zero-order valence-corrected chi connectivity index (χ0v) is 11.2. The number of fused-ring (bicyclic) bond motifs is 1. The largest absolute Gasteiger partial charge is 0.398 e. The second-order valence-electron chi connectivity index (χ2n) is 4.91. The van der Waals surface area contributed by atoms with Gasteiger partial charge in [0.25, 0.3) is 0 Å². The number of rotatable bonds is 3. The molecule has 100 valence electrons. The van der Waals surface area contributed by atoms with Crippen molar-refractivity contribution in [1.82, 2.24) is 9.78 Å². The lowest BCUT2D eigenvalue weighted by molar-refractivity contribution is 0.0994. The molecular formula is C16H15N3O. The Morgan fingerprint density at radius 1 is 1.25 bits per heavy atom. The van der Waals surface area contributed by atoms with Crippen molar-refractivity contribution < 1.29 is 4.79 Å². The lowest BCUT2D eigenvalue weighted by Gasteiger charge is -2.06. The number of carbonyl (C=O) groups excluding carboxylic acids is 1. The molecule has 0 amide bonds. The number of anilines is 1. The molecular weight excluding hydrogens is 250 g/mol. The number of Topliss-reactive ketones (excluding diaryl/α,β-unsaturated/α-hetero) is 1. The number of nitrogens with zero attached hydrogens (tertiary/aromatic N) is 2. The first-order valence-corrected chi connectivity index (χ1v) is 6.42. The van der Waals surface area contributed by atoms with Crippen LogP contribution in [0.5, 0.6) is 0 Å². The molecule has 0 bridgehead atoms. The van der Waals surface area contributed by atoms with Crippen LogP contribution < -0.4 is 5.73 Å². The molecule has 0 unspecified atom stereocenters. The first-order valence-electron chi connectivity index (χ1n) is 6.42. The molecule has 0 atom stereocenters. The maximum Gasteiger partial charge on any atom is 0.169 e. The molecule has 3 rings (SSSR count). The molecule has 0 aliphatic carbocycles. The molecule has 3 aromatic rings. The number of carbonyl (C=O) groups is 1. The van der Waals surface area contributed by atoms with Crippen molar-refractivity contribution in [2.24, 2.45) is 7.05 Å². The van der Waals surface area contributed by atoms with Crippen LogP contribution in [0.15, 0.2) is 48.8 Å². The van der Waals surface area contributed by atoms with E-state index in [0.717, 1.165) is 16.3 Å². The van der Waals surface area contributed by atoms with Crippen molar-refractivity contribution in [2.75, 3.05) is 5.73 Å². The van der Waals surface area contributed by atoms with Gasteiger partial charge in [-0.05, 0) is 28.5 Å². The summed E-state index contributed by atoms with van der Waals surface area (Å²) in [4.78, 5) is 12.4. The lowest BCUT2D eigenvalue weighted by atomic mass is 9.99. The SMILES string of the molecule is Cn1cc(CC(=O)c2cc3ccccc3cc2N)cn1. The Morgan fingerprint density at radius 2 is 1.95 bits per heavy atom. The van der Waals surface area contributed by atoms with Crippen LogP contribution in [0.1, 0.15) is 15.9 Å². The fourth-order valence-corrected chi connectivity index (χ4v) is 2.34. The predicted molar refractivity (Wildman–Crippen MR) is 79.6 cm³/mol. The number of aryl methyl sites for hydroxylation is 1. The Labute approximate surface area is 116 Å². The Bertz CT molecular complexity index is 789. The first kappa shape index (κ1) is 12.4. The third-order valence-corrected chi connectivity index (χ3v) is 3.34. The summed E-state index contributed by atoms with van der Waals surface area (Å²) >= 11 is 0. The molecule has 0 saturated heterocycles. The average molecular weight is 265 g/mol. The van der Waals surface area contributed by atoms with Crippen molar-refractivity contribution >= 4 is 22.2 Å². The van der Waals surface area contributed by atoms with E-state index in [2.05, 4.69) is 5.10 Å². The van der Waals surface area contributed by atoms with E-state index in [-0.39, 0.29) is 5.78 Å². The summed E-state index contributed by atoms with van der Waals surface area (Å²) < 4.78 is 1.69. The molecule has 2 aromatic carbocycles. The summed E-state index contributed by atoms with van der Waals surface area (Å²) in [6.45, 7) is 0. The molecule has 1 aromatic heterocycles. The summed E-state index contributed by atoms with van der Waals surface area (Å²) in [7, 11) is 1.83. The molecule has 4 heteroatoms. The van der Waals surface area contributed by atoms with Gasteiger partial charge in [-0.1, -0.05) is 24.3 Å². The van der Waals surface area contributed by atoms with Gasteiger partial charge in [-0.25, -0.2) is 0 Å². The highest BCUT2D eigenvalue weighted by Crippen LogP contribution is 2.23. The fraction of sp³-hybridized carbons (Fsp3) is 0.125. The number of hydrogen-bond acceptors (Lipinski definition) is 3. The number of ketones is 1. The maximum absolute atomic E-state index is 12.4. The van der Waals surface area contributed by atoms with E-state index in [1.807, 2.05) is 49.6 Å². The van der Waals surface area contributed by atoms with Crippen molar-refractivity contribution in [3.8, 4) is 0 Å². The molecule has 0 fully saturated rings. The predicted octanol–water partition coefficient (Wildman–Crippen LogP) is 2.58. The minimum atomic E-state index is 0.0150. The van der Waals surface area contributed by atoms with Gasteiger partial charge in [0.15, 0.2) is 5.78 Å². The summed E-state index contributed by atoms with van der Waals surface area (Å²) in [5.74, 6) is 0.0150. The highest BCUT2D eigenvalue weighted by atomic mass is 16.1. The van der Waals surface area contributed by atoms with Gasteiger partial charge in [-0.2, -0.15) is 5.10 Å². The second kappa shape index (κ2) is 4.81. The Morgan fingerprint density at radius 3 is 2.60 bits per heavy atom. The van der Waals surface area contributed by atoms with Crippen LogP contribution in [0.25, 0.3) is 10.8 Å². The van der Waals surface area contributed by atoms with Gasteiger partial charge >= 0.3 is 0 Å². The van der Waals surface area contributed by atoms with Gasteiger partial charge in [0.2, 0.25) is 0 Å². The van der Waals surface area contributed by atoms with Gasteiger partial charge in [0.1, 0.15) is 0 Å². The molecule has 4 nitrogen and oxygen atoms in total. The summed E-state index contributed by atoms with van der Waals surface area (Å²) in [5.41, 5.74) is 8.00. The fourth-order valence-electron chi connectivity index (χ4n) is 2.34. The Hall–Kier alpha value is -2.62. The highest BCUT2D eigenvalue weighted by Gasteiger charge is 2.12. The van der Waals surface area contributed by atoms with Gasteiger partial charge in [0, 0.05) is 30.9 Å². The van der Waals surface area contributed by atoms with E-state index in [4.69, 9.17) is 5.73 Å². The monoisotopic (exact) mass is 265 g/mol. The van der Waals surface area contributed by atoms with Crippen LogP contribution in [0.3, 0.4) is 0 Å². The number of nitrogens with two attached hydrogens (primary N) is 1. The molecule has 0 saturated carbocycles. The lowest BCUT2D eigenvalue weighted by Crippen LogP contribution is -2.06. The van der Waals surface area contributed by atoms with E-state index in [1.165, 1.54) is 0 Å². The Kier molecular flexibility index (Phi) is 2.99. The minimum absolute atomic E-state index is 0.0150. The van der Waals surface area contributed by atoms with E-state index in [0.29, 0.717) is 17.7 Å². The van der Waals surface area contributed by atoms with E-state index >= 15 is 0 Å². The van der Waals surface area contributed by atoms with Crippen LogP contribution in [0.2, 0.25) is 0 Å². The van der Waals surface area contributed by atoms with Gasteiger partial charge < -0.3 is 5.73 Å². The van der Waals surface area contributed by atoms with Gasteiger partial charge in [0.05, 0.1) is 6.20 Å². The van der Waals surface area contributed by atoms with E-state index in [1.54, 1.807) is 10.9 Å². The summed E-state index contributed by atoms with van der Waals surface area (Å²) in [5, 5.41) is 6.14. The zero-order chi connectivity index (χ0) is 14.1. The quantitative estimate of drug-likeness (QED) is 0.585. The average Bonchev–Trinajstić information content (AvgIpc) is 2.83. The molecule has 1 heterocycles. The van der Waals surface area contributed by atoms with Crippen molar-refractivity contribution in [3.63, 3.8) is 0 Å². The molecule has 0 spiro atoms. The van der Waals surface area contributed by atoms with Crippen LogP contribution in [0.4, 0.5) is 5.69 Å². The van der Waals surface area contributed by atoms with Gasteiger partial charge in [-0.3, -0.25) is 9.48 Å². The second-order valence-corrected chi connectivity index (χ2v) is 4.91. The number of hydrogen-bond donors (Lipinski definition) is 1. The molecule has 2 N–H and O–H groups in total. The van der Waals surface area contributed by atoms with Crippen molar-refractivity contribution in [3.05, 3.63) is 59.9 Å². The molecule has 20 heavy (non-hydrogen) atoms. The van der Waals surface area contributed by atoms with Crippen LogP contribution in [-0.4, -0.2) is 15.6 Å². The first-order chi connectivity index (χ1) is 9.63. The van der Waals surface area contributed by atoms with E-state index in [9.17, 15) is 4.79 Å². The molecule has 0 aliphatic rings. The third kappa shape index (κ3) is 2.28. The molecule has 0 radical (unpaired) electrons. The third-order valence-electron chi connectivity index (χ3n) is 3.34. The van der Waals surface area contributed by atoms with Crippen LogP contribution in [-0.2, 0) is 13.5 Å². The molecule has 0 aliphatic heterocycles. The zero-order valence-electron chi connectivity index (χ0n) is 11.2. The summed E-state index contributed by atoms with van der Waals surface area (Å²) in [6, 6.07) is 11.6. The van der Waals surface area contributed by atoms with E-state index < -0.39 is 0 Å². The van der Waals surface area contributed by atoms with Crippen molar-refractivity contribution in [2.45, 2.75) is 6.42 Å². The van der Waals surface area contributed by atoms with Gasteiger partial charge in [-0.15, -0.1) is 0 Å². The standard InChI is InChI=1S/C16H15N3O/c1-19-10-11(9-18-19)6-16(20)14-7-12-4-2-3-5-13(12)8-15(14)17/h2-5,7-10H,6,17H2,1H3. The normalized spacial score (nSPS) is 10.8. The topological polar surface area (TPSA) is 60.9 Å². The van der Waals surface area contributed by atoms with Crippen LogP contribution in [0, 0.1) is 0 Å². The maximum atomic E-state index is 12.4. The smallest absolute Gasteiger partial charge is 0.169 e. The minimum Gasteiger partial charge on any atom is -0.398 e. The Balaban J connectivity index is 1.96.